The Morgan fingerprint density at radius 3 is 2.96 bits per heavy atom. The fourth-order valence-electron chi connectivity index (χ4n) is 2.41. The molecule has 1 aliphatic rings. The van der Waals surface area contributed by atoms with Crippen molar-refractivity contribution in [3.63, 3.8) is 0 Å². The minimum absolute atomic E-state index is 0.0369. The van der Waals surface area contributed by atoms with Gasteiger partial charge in [-0.25, -0.2) is 4.98 Å². The topological polar surface area (TPSA) is 111 Å². The Kier molecular flexibility index (Phi) is 8.01. The molecule has 4 N–H and O–H groups in total. The van der Waals surface area contributed by atoms with E-state index in [0.717, 1.165) is 6.20 Å². The first-order valence-electron chi connectivity index (χ1n) is 7.96. The Morgan fingerprint density at radius 2 is 2.33 bits per heavy atom. The van der Waals surface area contributed by atoms with E-state index in [1.807, 2.05) is 10.7 Å². The van der Waals surface area contributed by atoms with E-state index < -0.39 is 6.55 Å². The summed E-state index contributed by atoms with van der Waals surface area (Å²) in [7, 11) is 1.52. The van der Waals surface area contributed by atoms with Crippen LogP contribution < -0.4 is 16.0 Å². The van der Waals surface area contributed by atoms with Crippen molar-refractivity contribution in [2.75, 3.05) is 20.3 Å². The number of nitrogens with zero attached hydrogens (tertiary/aromatic N) is 2. The summed E-state index contributed by atoms with van der Waals surface area (Å²) in [6.07, 6.45) is 4.86. The van der Waals surface area contributed by atoms with E-state index in [-0.39, 0.29) is 24.9 Å². The van der Waals surface area contributed by atoms with Gasteiger partial charge in [-0.15, -0.1) is 11.3 Å². The van der Waals surface area contributed by atoms with Crippen LogP contribution in [0.2, 0.25) is 0 Å². The summed E-state index contributed by atoms with van der Waals surface area (Å²) in [4.78, 5) is 19.4. The zero-order valence-electron chi connectivity index (χ0n) is 14.5. The third kappa shape index (κ3) is 6.22. The monoisotopic (exact) mass is 398 g/mol. The number of hydrogen-bond donors (Lipinski definition) is 4. The minimum Gasteiger partial charge on any atom is -0.383 e. The van der Waals surface area contributed by atoms with Gasteiger partial charge in [0.25, 0.3) is 0 Å². The largest absolute Gasteiger partial charge is 0.383 e. The Balaban J connectivity index is 2.23. The average Bonchev–Trinajstić information content (AvgIpc) is 3.16. The molecule has 0 saturated heterocycles. The summed E-state index contributed by atoms with van der Waals surface area (Å²) in [5, 5.41) is 18.3. The number of halogens is 2. The fourth-order valence-corrected chi connectivity index (χ4v) is 3.01. The van der Waals surface area contributed by atoms with Gasteiger partial charge in [-0.05, 0) is 6.08 Å². The van der Waals surface area contributed by atoms with Gasteiger partial charge in [-0.2, -0.15) is 8.78 Å². The van der Waals surface area contributed by atoms with Crippen molar-refractivity contribution in [2.24, 2.45) is 4.99 Å². The number of amidine groups is 1. The number of carbonyl (C=O) groups is 1. The first-order valence-corrected chi connectivity index (χ1v) is 8.84. The molecule has 27 heavy (non-hydrogen) atoms. The quantitative estimate of drug-likeness (QED) is 0.255. The molecule has 1 aromatic rings. The summed E-state index contributed by atoms with van der Waals surface area (Å²) in [5.74, 6) is 0.563. The van der Waals surface area contributed by atoms with Crippen LogP contribution in [0, 0.1) is 5.41 Å². The number of aromatic nitrogens is 1. The Hall–Kier alpha value is -2.66. The van der Waals surface area contributed by atoms with E-state index in [2.05, 4.69) is 20.6 Å². The minimum atomic E-state index is -2.70. The summed E-state index contributed by atoms with van der Waals surface area (Å²) >= 11 is 1.41. The SMILES string of the molecule is COCC(CC1=C(C(=N)/C=C\NC(F)F)CN=C(c2nccs2)N1)NC=O. The Morgan fingerprint density at radius 1 is 1.52 bits per heavy atom. The normalized spacial score (nSPS) is 15.5. The van der Waals surface area contributed by atoms with Gasteiger partial charge in [0.15, 0.2) is 10.8 Å². The van der Waals surface area contributed by atoms with E-state index in [4.69, 9.17) is 10.1 Å². The zero-order chi connectivity index (χ0) is 19.6. The molecule has 0 fully saturated rings. The number of ether oxygens (including phenoxy) is 1. The second-order valence-electron chi connectivity index (χ2n) is 5.44. The lowest BCUT2D eigenvalue weighted by Crippen LogP contribution is -2.38. The number of methoxy groups -OCH3 is 1. The van der Waals surface area contributed by atoms with Gasteiger partial charge in [0.1, 0.15) is 0 Å². The van der Waals surface area contributed by atoms with Gasteiger partial charge in [-0.3, -0.25) is 9.79 Å². The number of allylic oxidation sites excluding steroid dienone is 1. The van der Waals surface area contributed by atoms with Crippen molar-refractivity contribution in [3.8, 4) is 0 Å². The molecule has 1 amide bonds. The van der Waals surface area contributed by atoms with Crippen LogP contribution in [-0.4, -0.2) is 55.8 Å². The molecule has 8 nitrogen and oxygen atoms in total. The van der Waals surface area contributed by atoms with Gasteiger partial charge < -0.3 is 26.1 Å². The van der Waals surface area contributed by atoms with Crippen LogP contribution in [0.1, 0.15) is 11.4 Å². The summed E-state index contributed by atoms with van der Waals surface area (Å²) in [5.41, 5.74) is 1.23. The molecule has 146 valence electrons. The van der Waals surface area contributed by atoms with Gasteiger partial charge >= 0.3 is 6.55 Å². The first kappa shape index (κ1) is 20.6. The summed E-state index contributed by atoms with van der Waals surface area (Å²) in [6, 6.07) is -0.323. The van der Waals surface area contributed by atoms with Crippen molar-refractivity contribution >= 4 is 29.3 Å². The van der Waals surface area contributed by atoms with Crippen molar-refractivity contribution < 1.29 is 18.3 Å². The smallest absolute Gasteiger partial charge is 0.312 e. The highest BCUT2D eigenvalue weighted by atomic mass is 32.1. The Labute approximate surface area is 158 Å². The Bertz CT molecular complexity index is 733. The van der Waals surface area contributed by atoms with E-state index in [1.54, 1.807) is 6.20 Å². The van der Waals surface area contributed by atoms with Crippen molar-refractivity contribution in [1.29, 1.82) is 5.41 Å². The predicted molar refractivity (Wildman–Crippen MR) is 99.2 cm³/mol. The fraction of sp³-hybridized carbons (Fsp3) is 0.375. The second-order valence-corrected chi connectivity index (χ2v) is 6.33. The molecule has 0 radical (unpaired) electrons. The molecule has 1 aromatic heterocycles. The van der Waals surface area contributed by atoms with Crippen molar-refractivity contribution in [3.05, 3.63) is 40.1 Å². The lowest BCUT2D eigenvalue weighted by molar-refractivity contribution is -0.110. The third-order valence-electron chi connectivity index (χ3n) is 3.58. The molecule has 0 saturated carbocycles. The predicted octanol–water partition coefficient (Wildman–Crippen LogP) is 1.24. The number of amides is 1. The maximum absolute atomic E-state index is 12.2. The molecular weight excluding hydrogens is 378 g/mol. The molecular formula is C16H20F2N6O2S. The van der Waals surface area contributed by atoms with Crippen molar-refractivity contribution in [2.45, 2.75) is 19.0 Å². The van der Waals surface area contributed by atoms with Crippen LogP contribution in [0.3, 0.4) is 0 Å². The molecule has 1 atom stereocenters. The molecule has 1 aliphatic heterocycles. The summed E-state index contributed by atoms with van der Waals surface area (Å²) < 4.78 is 29.5. The first-order chi connectivity index (χ1) is 13.0. The highest BCUT2D eigenvalue weighted by Crippen LogP contribution is 2.18. The molecule has 11 heteroatoms. The lowest BCUT2D eigenvalue weighted by Gasteiger charge is -2.24. The van der Waals surface area contributed by atoms with Crippen molar-refractivity contribution in [1.82, 2.24) is 20.9 Å². The number of carbonyl (C=O) groups excluding carboxylic acids is 1. The van der Waals surface area contributed by atoms with Gasteiger partial charge in [0.2, 0.25) is 6.41 Å². The molecule has 0 aliphatic carbocycles. The van der Waals surface area contributed by atoms with Gasteiger partial charge in [0, 0.05) is 42.6 Å². The molecule has 0 spiro atoms. The van der Waals surface area contributed by atoms with E-state index >= 15 is 0 Å². The highest BCUT2D eigenvalue weighted by molar-refractivity contribution is 7.11. The maximum Gasteiger partial charge on any atom is 0.312 e. The third-order valence-corrected chi connectivity index (χ3v) is 4.36. The standard InChI is InChI=1S/C16H20F2N6O2S/c1-26-8-10(23-9-25)6-13-11(12(19)2-3-21-16(17)18)7-22-14(24-13)15-20-4-5-27-15/h2-5,9-10,16,19,21H,6-8H2,1H3,(H,22,24)(H,23,25)/b3-2-,19-12?. The number of rotatable bonds is 11. The molecule has 2 rings (SSSR count). The highest BCUT2D eigenvalue weighted by Gasteiger charge is 2.22. The second kappa shape index (κ2) is 10.5. The van der Waals surface area contributed by atoms with Crippen LogP contribution in [0.15, 0.2) is 40.1 Å². The molecule has 2 heterocycles. The number of hydrogen-bond acceptors (Lipinski definition) is 8. The molecule has 0 bridgehead atoms. The van der Waals surface area contributed by atoms with E-state index in [0.29, 0.717) is 34.9 Å². The van der Waals surface area contributed by atoms with E-state index in [9.17, 15) is 13.6 Å². The zero-order valence-corrected chi connectivity index (χ0v) is 15.4. The number of nitrogens with one attached hydrogen (secondary N) is 4. The van der Waals surface area contributed by atoms with Crippen LogP contribution in [0.4, 0.5) is 8.78 Å². The number of alkyl halides is 2. The maximum atomic E-state index is 12.2. The van der Waals surface area contributed by atoms with E-state index in [1.165, 1.54) is 24.5 Å². The van der Waals surface area contributed by atoms with Crippen LogP contribution in [0.5, 0.6) is 0 Å². The van der Waals surface area contributed by atoms with Gasteiger partial charge in [-0.1, -0.05) is 0 Å². The molecule has 0 aromatic carbocycles. The number of aliphatic imine (C=N–C) groups is 1. The molecule has 1 unspecified atom stereocenters. The summed E-state index contributed by atoms with van der Waals surface area (Å²) in [6.45, 7) is -2.24. The number of thiazole rings is 1. The van der Waals surface area contributed by atoms with Crippen LogP contribution in [0.25, 0.3) is 0 Å². The van der Waals surface area contributed by atoms with Gasteiger partial charge in [0.05, 0.1) is 24.9 Å². The van der Waals surface area contributed by atoms with Crippen LogP contribution in [-0.2, 0) is 9.53 Å². The lowest BCUT2D eigenvalue weighted by atomic mass is 10.0. The average molecular weight is 398 g/mol. The van der Waals surface area contributed by atoms with Crippen LogP contribution >= 0.6 is 11.3 Å².